The number of carboxylic acid groups (broad SMARTS) is 1. The first-order chi connectivity index (χ1) is 16.5. The van der Waals surface area contributed by atoms with Crippen molar-refractivity contribution < 1.29 is 32.6 Å². The van der Waals surface area contributed by atoms with Gasteiger partial charge in [-0.15, -0.1) is 11.3 Å². The average molecular weight is 516 g/mol. The molecule has 8 nitrogen and oxygen atoms in total. The maximum atomic E-state index is 12.9. The fourth-order valence-corrected chi connectivity index (χ4v) is 4.72. The number of amides is 1. The summed E-state index contributed by atoms with van der Waals surface area (Å²) in [5, 5.41) is 11.5. The Morgan fingerprint density at radius 3 is 2.34 bits per heavy atom. The molecule has 35 heavy (non-hydrogen) atoms. The van der Waals surface area contributed by atoms with Gasteiger partial charge in [0.1, 0.15) is 10.3 Å². The maximum absolute atomic E-state index is 12.9. The SMILES string of the molecule is CCN(CC)CCCNC(=O)c1sc2c(c1OC)c(=O)n(C)c1ccccc21.O=C(O)C(F)(F)F. The number of hydrogen-bond acceptors (Lipinski definition) is 6. The number of aliphatic carboxylic acids is 1. The van der Waals surface area contributed by atoms with Crippen LogP contribution in [0.5, 0.6) is 5.75 Å². The number of thiophene rings is 1. The molecule has 2 aromatic heterocycles. The Kier molecular flexibility index (Phi) is 9.66. The molecule has 3 aromatic rings. The van der Waals surface area contributed by atoms with E-state index in [1.54, 1.807) is 11.6 Å². The smallest absolute Gasteiger partial charge is 0.490 e. The lowest BCUT2D eigenvalue weighted by Gasteiger charge is -2.17. The number of methoxy groups -OCH3 is 1. The van der Waals surface area contributed by atoms with Crippen LogP contribution in [-0.4, -0.2) is 65.9 Å². The fourth-order valence-electron chi connectivity index (χ4n) is 3.50. The van der Waals surface area contributed by atoms with Crippen LogP contribution in [0.3, 0.4) is 0 Å². The summed E-state index contributed by atoms with van der Waals surface area (Å²) in [7, 11) is 3.25. The fraction of sp³-hybridized carbons (Fsp3) is 0.435. The topological polar surface area (TPSA) is 101 Å². The van der Waals surface area contributed by atoms with Crippen LogP contribution in [0.15, 0.2) is 29.1 Å². The molecule has 0 saturated carbocycles. The number of pyridine rings is 1. The number of rotatable bonds is 8. The monoisotopic (exact) mass is 515 g/mol. The number of nitrogens with one attached hydrogen (secondary N) is 1. The van der Waals surface area contributed by atoms with Crippen molar-refractivity contribution in [2.24, 2.45) is 7.05 Å². The molecule has 0 spiro atoms. The van der Waals surface area contributed by atoms with Gasteiger partial charge >= 0.3 is 12.1 Å². The molecule has 2 heterocycles. The van der Waals surface area contributed by atoms with Crippen LogP contribution in [0.25, 0.3) is 21.0 Å². The normalized spacial score (nSPS) is 11.4. The van der Waals surface area contributed by atoms with Crippen molar-refractivity contribution in [1.29, 1.82) is 0 Å². The van der Waals surface area contributed by atoms with E-state index < -0.39 is 12.1 Å². The van der Waals surface area contributed by atoms with E-state index in [9.17, 15) is 22.8 Å². The summed E-state index contributed by atoms with van der Waals surface area (Å²) in [6, 6.07) is 7.72. The summed E-state index contributed by atoms with van der Waals surface area (Å²) < 4.78 is 39.7. The highest BCUT2D eigenvalue weighted by Crippen LogP contribution is 2.39. The minimum atomic E-state index is -5.08. The van der Waals surface area contributed by atoms with Gasteiger partial charge < -0.3 is 24.6 Å². The van der Waals surface area contributed by atoms with Crippen LogP contribution in [0.4, 0.5) is 13.2 Å². The molecule has 2 N–H and O–H groups in total. The molecule has 0 aliphatic carbocycles. The Bertz CT molecular complexity index is 1250. The third-order valence-electron chi connectivity index (χ3n) is 5.38. The van der Waals surface area contributed by atoms with Gasteiger partial charge in [-0.3, -0.25) is 9.59 Å². The van der Waals surface area contributed by atoms with E-state index in [0.717, 1.165) is 41.7 Å². The Morgan fingerprint density at radius 1 is 1.20 bits per heavy atom. The van der Waals surface area contributed by atoms with Crippen molar-refractivity contribution in [2.45, 2.75) is 26.4 Å². The zero-order valence-electron chi connectivity index (χ0n) is 19.9. The summed E-state index contributed by atoms with van der Waals surface area (Å²) in [6.45, 7) is 7.81. The molecule has 0 radical (unpaired) electrons. The summed E-state index contributed by atoms with van der Waals surface area (Å²) in [6.07, 6.45) is -4.20. The number of aromatic nitrogens is 1. The number of benzene rings is 1. The molecular formula is C23H28F3N3O5S. The van der Waals surface area contributed by atoms with E-state index in [0.29, 0.717) is 22.6 Å². The number of halogens is 3. The second kappa shape index (κ2) is 12.0. The van der Waals surface area contributed by atoms with Gasteiger partial charge in [0.05, 0.1) is 17.3 Å². The van der Waals surface area contributed by atoms with Gasteiger partial charge in [0.2, 0.25) is 0 Å². The molecule has 12 heteroatoms. The van der Waals surface area contributed by atoms with E-state index in [-0.39, 0.29) is 11.5 Å². The molecule has 1 aromatic carbocycles. The van der Waals surface area contributed by atoms with Gasteiger partial charge in [0.25, 0.3) is 11.5 Å². The van der Waals surface area contributed by atoms with Gasteiger partial charge in [-0.2, -0.15) is 13.2 Å². The Hall–Kier alpha value is -3.12. The van der Waals surface area contributed by atoms with Crippen LogP contribution < -0.4 is 15.6 Å². The minimum Gasteiger partial charge on any atom is -0.494 e. The molecular weight excluding hydrogens is 487 g/mol. The lowest BCUT2D eigenvalue weighted by molar-refractivity contribution is -0.192. The van der Waals surface area contributed by atoms with Crippen LogP contribution in [0, 0.1) is 0 Å². The molecule has 0 aliphatic heterocycles. The first-order valence-electron chi connectivity index (χ1n) is 10.9. The van der Waals surface area contributed by atoms with Gasteiger partial charge in [-0.05, 0) is 32.1 Å². The predicted octanol–water partition coefficient (Wildman–Crippen LogP) is 3.86. The standard InChI is InChI=1S/C21H27N3O3S.C2HF3O2/c1-5-24(6-2)13-9-12-22-20(25)19-17(27-4)16-18(28-19)14-10-7-8-11-15(14)23(3)21(16)26;3-2(4,5)1(6)7/h7-8,10-11H,5-6,9,12-13H2,1-4H3,(H,22,25);(H,6,7). The summed E-state index contributed by atoms with van der Waals surface area (Å²) in [5.74, 6) is -2.58. The third-order valence-corrected chi connectivity index (χ3v) is 6.58. The van der Waals surface area contributed by atoms with Gasteiger partial charge in [0.15, 0.2) is 5.75 Å². The number of ether oxygens (including phenoxy) is 1. The molecule has 0 unspecified atom stereocenters. The van der Waals surface area contributed by atoms with Crippen molar-refractivity contribution in [3.63, 3.8) is 0 Å². The number of carboxylic acids is 1. The van der Waals surface area contributed by atoms with Gasteiger partial charge in [0, 0.05) is 19.0 Å². The Labute approximate surface area is 203 Å². The van der Waals surface area contributed by atoms with E-state index >= 15 is 0 Å². The van der Waals surface area contributed by atoms with Gasteiger partial charge in [-0.25, -0.2) is 4.79 Å². The first kappa shape index (κ1) is 28.1. The highest BCUT2D eigenvalue weighted by molar-refractivity contribution is 7.22. The Balaban J connectivity index is 0.000000540. The first-order valence-corrected chi connectivity index (χ1v) is 11.7. The number of carbonyl (C=O) groups is 2. The largest absolute Gasteiger partial charge is 0.494 e. The van der Waals surface area contributed by atoms with Crippen LogP contribution in [0.2, 0.25) is 0 Å². The van der Waals surface area contributed by atoms with E-state index in [1.165, 1.54) is 18.4 Å². The highest BCUT2D eigenvalue weighted by Gasteiger charge is 2.38. The van der Waals surface area contributed by atoms with Crippen LogP contribution in [-0.2, 0) is 11.8 Å². The van der Waals surface area contributed by atoms with E-state index in [1.807, 2.05) is 24.3 Å². The molecule has 0 aliphatic rings. The summed E-state index contributed by atoms with van der Waals surface area (Å²) >= 11 is 1.32. The number of aryl methyl sites for hydroxylation is 1. The quantitative estimate of drug-likeness (QED) is 0.442. The predicted molar refractivity (Wildman–Crippen MR) is 130 cm³/mol. The number of hydrogen-bond donors (Lipinski definition) is 2. The highest BCUT2D eigenvalue weighted by atomic mass is 32.1. The zero-order valence-corrected chi connectivity index (χ0v) is 20.7. The lowest BCUT2D eigenvalue weighted by Crippen LogP contribution is -2.29. The molecule has 1 amide bonds. The van der Waals surface area contributed by atoms with Crippen LogP contribution >= 0.6 is 11.3 Å². The molecule has 0 bridgehead atoms. The number of carbonyl (C=O) groups excluding carboxylic acids is 1. The van der Waals surface area contributed by atoms with Gasteiger partial charge in [-0.1, -0.05) is 32.0 Å². The van der Waals surface area contributed by atoms with Crippen molar-refractivity contribution in [3.05, 3.63) is 39.5 Å². The van der Waals surface area contributed by atoms with Crippen molar-refractivity contribution in [1.82, 2.24) is 14.8 Å². The third kappa shape index (κ3) is 6.51. The second-order valence-electron chi connectivity index (χ2n) is 7.49. The Morgan fingerprint density at radius 2 is 1.80 bits per heavy atom. The number of alkyl halides is 3. The number of nitrogens with zero attached hydrogens (tertiary/aromatic N) is 2. The molecule has 192 valence electrons. The van der Waals surface area contributed by atoms with Crippen LogP contribution in [0.1, 0.15) is 29.9 Å². The molecule has 0 saturated heterocycles. The van der Waals surface area contributed by atoms with Crippen molar-refractivity contribution in [3.8, 4) is 5.75 Å². The molecule has 0 fully saturated rings. The molecule has 3 rings (SSSR count). The lowest BCUT2D eigenvalue weighted by atomic mass is 10.1. The molecule has 0 atom stereocenters. The number of para-hydroxylation sites is 1. The van der Waals surface area contributed by atoms with E-state index in [4.69, 9.17) is 14.6 Å². The summed E-state index contributed by atoms with van der Waals surface area (Å²) in [4.78, 5) is 37.4. The van der Waals surface area contributed by atoms with Crippen molar-refractivity contribution >= 4 is 44.2 Å². The average Bonchev–Trinajstić information content (AvgIpc) is 3.22. The summed E-state index contributed by atoms with van der Waals surface area (Å²) in [5.41, 5.74) is 0.692. The van der Waals surface area contributed by atoms with E-state index in [2.05, 4.69) is 24.1 Å². The minimum absolute atomic E-state index is 0.151. The zero-order chi connectivity index (χ0) is 26.3. The number of fused-ring (bicyclic) bond motifs is 3. The maximum Gasteiger partial charge on any atom is 0.490 e. The second-order valence-corrected chi connectivity index (χ2v) is 8.51. The van der Waals surface area contributed by atoms with Crippen molar-refractivity contribution in [2.75, 3.05) is 33.3 Å².